The largest absolute Gasteiger partial charge is 0.480 e. The van der Waals surface area contributed by atoms with Crippen LogP contribution in [0.1, 0.15) is 12.5 Å². The Bertz CT molecular complexity index is 784. The number of hydrogen-bond acceptors (Lipinski definition) is 6. The van der Waals surface area contributed by atoms with E-state index in [-0.39, 0.29) is 24.7 Å². The molecule has 0 aromatic heterocycles. The summed E-state index contributed by atoms with van der Waals surface area (Å²) in [5.41, 5.74) is 0.735. The average molecular weight is 471 g/mol. The second-order valence-corrected chi connectivity index (χ2v) is 6.91. The molecule has 6 nitrogen and oxygen atoms in total. The Balaban J connectivity index is 2.15. The van der Waals surface area contributed by atoms with E-state index in [1.807, 2.05) is 6.07 Å². The molecule has 8 heteroatoms. The van der Waals surface area contributed by atoms with Gasteiger partial charge in [-0.3, -0.25) is 19.3 Å². The summed E-state index contributed by atoms with van der Waals surface area (Å²) in [6.07, 6.45) is 6.76. The fraction of sp³-hybridized carbons (Fsp3) is 0.235. The zero-order valence-electron chi connectivity index (χ0n) is 13.3. The van der Waals surface area contributed by atoms with Crippen molar-refractivity contribution in [2.75, 3.05) is 19.8 Å². The number of halogens is 1. The fourth-order valence-electron chi connectivity index (χ4n) is 1.97. The average Bonchev–Trinajstić information content (AvgIpc) is 2.82. The van der Waals surface area contributed by atoms with Crippen LogP contribution in [0.2, 0.25) is 0 Å². The number of ether oxygens (including phenoxy) is 2. The molecule has 25 heavy (non-hydrogen) atoms. The summed E-state index contributed by atoms with van der Waals surface area (Å²) in [5, 5.41) is -0.493. The smallest absolute Gasteiger partial charge is 0.326 e. The van der Waals surface area contributed by atoms with E-state index < -0.39 is 17.1 Å². The molecule has 130 valence electrons. The summed E-state index contributed by atoms with van der Waals surface area (Å²) in [6.45, 7) is 1.63. The molecule has 0 saturated carbocycles. The molecule has 1 aromatic carbocycles. The minimum atomic E-state index is -0.615. The van der Waals surface area contributed by atoms with Crippen molar-refractivity contribution in [3.8, 4) is 18.1 Å². The van der Waals surface area contributed by atoms with Crippen molar-refractivity contribution in [1.82, 2.24) is 4.90 Å². The Morgan fingerprint density at radius 2 is 2.20 bits per heavy atom. The standard InChI is InChI=1S/C17H14INO5S/c1-3-7-24-13-6-5-11(8-12(13)18)9-14-16(21)19(17(22)25-14)10-15(20)23-4-2/h1,5-6,8-9H,4,7,10H2,2H3/b14-9+. The Hall–Kier alpha value is -1.99. The van der Waals surface area contributed by atoms with Gasteiger partial charge in [-0.15, -0.1) is 6.42 Å². The van der Waals surface area contributed by atoms with Gasteiger partial charge >= 0.3 is 5.97 Å². The predicted molar refractivity (Wildman–Crippen MR) is 103 cm³/mol. The van der Waals surface area contributed by atoms with Crippen LogP contribution in [-0.2, 0) is 14.3 Å². The third-order valence-electron chi connectivity index (χ3n) is 3.03. The molecule has 1 fully saturated rings. The van der Waals surface area contributed by atoms with Crippen molar-refractivity contribution in [3.05, 3.63) is 32.2 Å². The molecule has 1 aliphatic rings. The normalized spacial score (nSPS) is 15.4. The van der Waals surface area contributed by atoms with Crippen molar-refractivity contribution >= 4 is 57.5 Å². The number of nitrogens with zero attached hydrogens (tertiary/aromatic N) is 1. The molecular formula is C17H14INO5S. The number of benzene rings is 1. The first kappa shape index (κ1) is 19.3. The number of thioether (sulfide) groups is 1. The summed E-state index contributed by atoms with van der Waals surface area (Å²) >= 11 is 2.89. The van der Waals surface area contributed by atoms with E-state index in [0.717, 1.165) is 25.8 Å². The monoisotopic (exact) mass is 471 g/mol. The van der Waals surface area contributed by atoms with E-state index in [1.54, 1.807) is 25.1 Å². The number of esters is 1. The molecule has 1 heterocycles. The SMILES string of the molecule is C#CCOc1ccc(/C=C2/SC(=O)N(CC(=O)OCC)C2=O)cc1I. The molecular weight excluding hydrogens is 457 g/mol. The second kappa shape index (κ2) is 8.92. The highest BCUT2D eigenvalue weighted by molar-refractivity contribution is 14.1. The van der Waals surface area contributed by atoms with Gasteiger partial charge in [-0.2, -0.15) is 0 Å². The topological polar surface area (TPSA) is 72.9 Å². The van der Waals surface area contributed by atoms with Crippen molar-refractivity contribution in [2.24, 2.45) is 0 Å². The lowest BCUT2D eigenvalue weighted by Crippen LogP contribution is -2.34. The molecule has 0 radical (unpaired) electrons. The Kier molecular flexibility index (Phi) is 6.90. The highest BCUT2D eigenvalue weighted by atomic mass is 127. The first-order valence-electron chi connectivity index (χ1n) is 7.23. The maximum atomic E-state index is 12.3. The molecule has 0 unspecified atom stereocenters. The Labute approximate surface area is 163 Å². The van der Waals surface area contributed by atoms with Crippen LogP contribution in [0.4, 0.5) is 4.79 Å². The van der Waals surface area contributed by atoms with Gasteiger partial charge in [0.1, 0.15) is 18.9 Å². The molecule has 0 spiro atoms. The highest BCUT2D eigenvalue weighted by Crippen LogP contribution is 2.33. The van der Waals surface area contributed by atoms with Crippen LogP contribution in [0.25, 0.3) is 6.08 Å². The van der Waals surface area contributed by atoms with Crippen molar-refractivity contribution in [2.45, 2.75) is 6.92 Å². The minimum absolute atomic E-state index is 0.169. The molecule has 0 aliphatic carbocycles. The lowest BCUT2D eigenvalue weighted by Gasteiger charge is -2.10. The van der Waals surface area contributed by atoms with Crippen molar-refractivity contribution < 1.29 is 23.9 Å². The van der Waals surface area contributed by atoms with Crippen LogP contribution >= 0.6 is 34.4 Å². The summed E-state index contributed by atoms with van der Waals surface area (Å²) in [7, 11) is 0. The zero-order valence-corrected chi connectivity index (χ0v) is 16.3. The highest BCUT2D eigenvalue weighted by Gasteiger charge is 2.36. The summed E-state index contributed by atoms with van der Waals surface area (Å²) < 4.78 is 11.0. The van der Waals surface area contributed by atoms with E-state index in [0.29, 0.717) is 5.75 Å². The van der Waals surface area contributed by atoms with Gasteiger partial charge in [-0.05, 0) is 65.0 Å². The van der Waals surface area contributed by atoms with Crippen LogP contribution < -0.4 is 4.74 Å². The van der Waals surface area contributed by atoms with Gasteiger partial charge in [0.05, 0.1) is 15.1 Å². The lowest BCUT2D eigenvalue weighted by atomic mass is 10.2. The molecule has 1 aliphatic heterocycles. The van der Waals surface area contributed by atoms with Crippen LogP contribution in [0.3, 0.4) is 0 Å². The maximum Gasteiger partial charge on any atom is 0.326 e. The van der Waals surface area contributed by atoms with Gasteiger partial charge in [0.2, 0.25) is 0 Å². The maximum absolute atomic E-state index is 12.3. The quantitative estimate of drug-likeness (QED) is 0.275. The number of amides is 2. The predicted octanol–water partition coefficient (Wildman–Crippen LogP) is 2.90. The van der Waals surface area contributed by atoms with E-state index >= 15 is 0 Å². The summed E-state index contributed by atoms with van der Waals surface area (Å²) in [6, 6.07) is 5.31. The Morgan fingerprint density at radius 3 is 2.84 bits per heavy atom. The van der Waals surface area contributed by atoms with E-state index in [9.17, 15) is 14.4 Å². The van der Waals surface area contributed by atoms with Crippen LogP contribution in [0.15, 0.2) is 23.1 Å². The Morgan fingerprint density at radius 1 is 1.44 bits per heavy atom. The summed E-state index contributed by atoms with van der Waals surface area (Å²) in [5.74, 6) is 1.91. The van der Waals surface area contributed by atoms with Gasteiger partial charge in [-0.1, -0.05) is 12.0 Å². The minimum Gasteiger partial charge on any atom is -0.480 e. The third-order valence-corrected chi connectivity index (χ3v) is 4.78. The summed E-state index contributed by atoms with van der Waals surface area (Å²) in [4.78, 5) is 36.9. The molecule has 0 N–H and O–H groups in total. The molecule has 1 aromatic rings. The van der Waals surface area contributed by atoms with E-state index in [4.69, 9.17) is 15.9 Å². The first-order chi connectivity index (χ1) is 12.0. The molecule has 0 atom stereocenters. The van der Waals surface area contributed by atoms with Crippen LogP contribution in [0.5, 0.6) is 5.75 Å². The van der Waals surface area contributed by atoms with Gasteiger partial charge in [0, 0.05) is 0 Å². The van der Waals surface area contributed by atoms with Gasteiger partial charge in [0.15, 0.2) is 0 Å². The van der Waals surface area contributed by atoms with Gasteiger partial charge in [0.25, 0.3) is 11.1 Å². The van der Waals surface area contributed by atoms with Crippen molar-refractivity contribution in [1.29, 1.82) is 0 Å². The number of hydrogen-bond donors (Lipinski definition) is 0. The molecule has 2 amide bonds. The molecule has 0 bridgehead atoms. The second-order valence-electron chi connectivity index (χ2n) is 4.76. The van der Waals surface area contributed by atoms with Crippen molar-refractivity contribution in [3.63, 3.8) is 0 Å². The number of terminal acetylenes is 1. The number of rotatable bonds is 6. The lowest BCUT2D eigenvalue weighted by molar-refractivity contribution is -0.145. The van der Waals surface area contributed by atoms with Gasteiger partial charge in [-0.25, -0.2) is 0 Å². The molecule has 1 saturated heterocycles. The number of imide groups is 1. The number of carbonyl (C=O) groups is 3. The third kappa shape index (κ3) is 4.99. The fourth-order valence-corrected chi connectivity index (χ4v) is 3.50. The van der Waals surface area contributed by atoms with Gasteiger partial charge < -0.3 is 9.47 Å². The number of carbonyl (C=O) groups excluding carboxylic acids is 3. The van der Waals surface area contributed by atoms with E-state index in [2.05, 4.69) is 28.5 Å². The zero-order chi connectivity index (χ0) is 18.4. The van der Waals surface area contributed by atoms with E-state index in [1.165, 1.54) is 0 Å². The van der Waals surface area contributed by atoms with Crippen LogP contribution in [0, 0.1) is 15.9 Å². The molecule has 2 rings (SSSR count). The van der Waals surface area contributed by atoms with Crippen LogP contribution in [-0.4, -0.2) is 41.8 Å². The first-order valence-corrected chi connectivity index (χ1v) is 9.12.